The van der Waals surface area contributed by atoms with E-state index < -0.39 is 0 Å². The molecule has 7 nitrogen and oxygen atoms in total. The van der Waals surface area contributed by atoms with Gasteiger partial charge in [0.15, 0.2) is 5.69 Å². The van der Waals surface area contributed by atoms with E-state index in [4.69, 9.17) is 10.5 Å². The summed E-state index contributed by atoms with van der Waals surface area (Å²) in [6.45, 7) is 5.19. The molecule has 0 aromatic carbocycles. The molecule has 3 N–H and O–H groups in total. The van der Waals surface area contributed by atoms with E-state index in [1.165, 1.54) is 0 Å². The maximum absolute atomic E-state index is 11.7. The van der Waals surface area contributed by atoms with Gasteiger partial charge in [-0.3, -0.25) is 9.48 Å². The van der Waals surface area contributed by atoms with Crippen molar-refractivity contribution >= 4 is 5.91 Å². The zero-order chi connectivity index (χ0) is 13.9. The van der Waals surface area contributed by atoms with Crippen molar-refractivity contribution in [3.8, 4) is 0 Å². The maximum Gasteiger partial charge on any atom is 0.273 e. The second-order valence-electron chi connectivity index (χ2n) is 4.23. The van der Waals surface area contributed by atoms with Crippen molar-refractivity contribution in [2.75, 3.05) is 26.3 Å². The van der Waals surface area contributed by atoms with E-state index in [1.54, 1.807) is 10.9 Å². The highest BCUT2D eigenvalue weighted by Gasteiger charge is 2.09. The number of rotatable bonds is 10. The van der Waals surface area contributed by atoms with Gasteiger partial charge in [0.2, 0.25) is 0 Å². The summed E-state index contributed by atoms with van der Waals surface area (Å²) in [6, 6.07) is 0. The summed E-state index contributed by atoms with van der Waals surface area (Å²) in [6.07, 6.45) is 4.61. The van der Waals surface area contributed by atoms with Crippen LogP contribution < -0.4 is 11.1 Å². The van der Waals surface area contributed by atoms with Crippen molar-refractivity contribution in [3.05, 3.63) is 11.9 Å². The average molecular weight is 269 g/mol. The van der Waals surface area contributed by atoms with Crippen LogP contribution in [0.2, 0.25) is 0 Å². The van der Waals surface area contributed by atoms with Crippen LogP contribution >= 0.6 is 0 Å². The van der Waals surface area contributed by atoms with Crippen LogP contribution in [0.15, 0.2) is 6.20 Å². The van der Waals surface area contributed by atoms with Crippen molar-refractivity contribution in [3.63, 3.8) is 0 Å². The fourth-order valence-electron chi connectivity index (χ4n) is 1.46. The molecule has 0 bridgehead atoms. The van der Waals surface area contributed by atoms with Crippen molar-refractivity contribution in [2.45, 2.75) is 32.7 Å². The van der Waals surface area contributed by atoms with Crippen LogP contribution in [0.1, 0.15) is 36.7 Å². The van der Waals surface area contributed by atoms with Crippen molar-refractivity contribution in [1.82, 2.24) is 20.3 Å². The van der Waals surface area contributed by atoms with Crippen LogP contribution in [0, 0.1) is 0 Å². The Morgan fingerprint density at radius 2 is 2.26 bits per heavy atom. The molecule has 7 heteroatoms. The highest BCUT2D eigenvalue weighted by Crippen LogP contribution is 1.93. The third-order valence-electron chi connectivity index (χ3n) is 2.52. The lowest BCUT2D eigenvalue weighted by molar-refractivity contribution is 0.0935. The smallest absolute Gasteiger partial charge is 0.273 e. The Hall–Kier alpha value is -1.47. The summed E-state index contributed by atoms with van der Waals surface area (Å²) in [5.41, 5.74) is 5.71. The molecule has 0 spiro atoms. The van der Waals surface area contributed by atoms with E-state index in [0.29, 0.717) is 31.9 Å². The lowest BCUT2D eigenvalue weighted by Gasteiger charge is -2.04. The van der Waals surface area contributed by atoms with Crippen LogP contribution in [0.25, 0.3) is 0 Å². The number of nitrogens with two attached hydrogens (primary N) is 1. The first-order valence-electron chi connectivity index (χ1n) is 6.74. The summed E-state index contributed by atoms with van der Waals surface area (Å²) in [5, 5.41) is 10.4. The minimum Gasteiger partial charge on any atom is -0.381 e. The molecule has 108 valence electrons. The highest BCUT2D eigenvalue weighted by atomic mass is 16.5. The van der Waals surface area contributed by atoms with Gasteiger partial charge >= 0.3 is 0 Å². The minimum absolute atomic E-state index is 0.211. The number of carbonyl (C=O) groups excluding carboxylic acids is 1. The van der Waals surface area contributed by atoms with E-state index in [9.17, 15) is 4.79 Å². The number of unbranched alkanes of at least 4 members (excludes halogenated alkanes) is 1. The molecule has 0 saturated carbocycles. The SMILES string of the molecule is CCCCOCCCNC(=O)c1cn(CCN)nn1. The second kappa shape index (κ2) is 9.46. The molecule has 1 aromatic rings. The van der Waals surface area contributed by atoms with Gasteiger partial charge in [0.25, 0.3) is 5.91 Å². The number of aromatic nitrogens is 3. The number of nitrogens with one attached hydrogen (secondary N) is 1. The van der Waals surface area contributed by atoms with Gasteiger partial charge in [-0.25, -0.2) is 0 Å². The summed E-state index contributed by atoms with van der Waals surface area (Å²) in [7, 11) is 0. The topological polar surface area (TPSA) is 95.1 Å². The van der Waals surface area contributed by atoms with Crippen LogP contribution in [-0.2, 0) is 11.3 Å². The Kier molecular flexibility index (Phi) is 7.76. The fourth-order valence-corrected chi connectivity index (χ4v) is 1.46. The molecule has 1 rings (SSSR count). The molecule has 0 aliphatic heterocycles. The zero-order valence-corrected chi connectivity index (χ0v) is 11.5. The largest absolute Gasteiger partial charge is 0.381 e. The Bertz CT molecular complexity index is 367. The van der Waals surface area contributed by atoms with Crippen LogP contribution in [0.3, 0.4) is 0 Å². The first-order chi connectivity index (χ1) is 9.27. The third kappa shape index (κ3) is 6.30. The number of carbonyl (C=O) groups is 1. The Morgan fingerprint density at radius 1 is 1.47 bits per heavy atom. The molecule has 0 saturated heterocycles. The van der Waals surface area contributed by atoms with Gasteiger partial charge < -0.3 is 15.8 Å². The molecule has 1 heterocycles. The van der Waals surface area contributed by atoms with Crippen molar-refractivity contribution < 1.29 is 9.53 Å². The molecular weight excluding hydrogens is 246 g/mol. The predicted octanol–water partition coefficient (Wildman–Crippen LogP) is 0.173. The van der Waals surface area contributed by atoms with Gasteiger partial charge in [0.05, 0.1) is 12.7 Å². The molecule has 0 atom stereocenters. The number of amides is 1. The van der Waals surface area contributed by atoms with Gasteiger partial charge in [-0.05, 0) is 12.8 Å². The van der Waals surface area contributed by atoms with Gasteiger partial charge in [-0.1, -0.05) is 18.6 Å². The van der Waals surface area contributed by atoms with E-state index >= 15 is 0 Å². The Labute approximate surface area is 113 Å². The highest BCUT2D eigenvalue weighted by molar-refractivity contribution is 5.91. The summed E-state index contributed by atoms with van der Waals surface area (Å²) >= 11 is 0. The van der Waals surface area contributed by atoms with Crippen LogP contribution in [0.4, 0.5) is 0 Å². The van der Waals surface area contributed by atoms with E-state index in [0.717, 1.165) is 25.9 Å². The summed E-state index contributed by atoms with van der Waals surface area (Å²) in [5.74, 6) is -0.211. The molecule has 19 heavy (non-hydrogen) atoms. The second-order valence-corrected chi connectivity index (χ2v) is 4.23. The van der Waals surface area contributed by atoms with E-state index in [1.807, 2.05) is 0 Å². The summed E-state index contributed by atoms with van der Waals surface area (Å²) in [4.78, 5) is 11.7. The van der Waals surface area contributed by atoms with Gasteiger partial charge in [-0.15, -0.1) is 5.10 Å². The van der Waals surface area contributed by atoms with Crippen LogP contribution in [-0.4, -0.2) is 47.2 Å². The maximum atomic E-state index is 11.7. The molecular formula is C12H23N5O2. The number of ether oxygens (including phenoxy) is 1. The van der Waals surface area contributed by atoms with Crippen LogP contribution in [0.5, 0.6) is 0 Å². The molecule has 0 fully saturated rings. The van der Waals surface area contributed by atoms with Crippen molar-refractivity contribution in [1.29, 1.82) is 0 Å². The Morgan fingerprint density at radius 3 is 3.00 bits per heavy atom. The average Bonchev–Trinajstić information content (AvgIpc) is 2.87. The van der Waals surface area contributed by atoms with E-state index in [-0.39, 0.29) is 5.91 Å². The fraction of sp³-hybridized carbons (Fsp3) is 0.750. The molecule has 1 amide bonds. The number of nitrogens with zero attached hydrogens (tertiary/aromatic N) is 3. The third-order valence-corrected chi connectivity index (χ3v) is 2.52. The zero-order valence-electron chi connectivity index (χ0n) is 11.5. The van der Waals surface area contributed by atoms with Crippen molar-refractivity contribution in [2.24, 2.45) is 5.73 Å². The van der Waals surface area contributed by atoms with E-state index in [2.05, 4.69) is 22.6 Å². The molecule has 0 aliphatic rings. The minimum atomic E-state index is -0.211. The van der Waals surface area contributed by atoms with Gasteiger partial charge in [0, 0.05) is 26.3 Å². The first-order valence-corrected chi connectivity index (χ1v) is 6.74. The molecule has 1 aromatic heterocycles. The Balaban J connectivity index is 2.13. The monoisotopic (exact) mass is 269 g/mol. The standard InChI is InChI=1S/C12H23N5O2/c1-2-3-8-19-9-4-6-14-12(18)11-10-17(7-5-13)16-15-11/h10H,2-9,13H2,1H3,(H,14,18). The lowest BCUT2D eigenvalue weighted by atomic mass is 10.3. The first kappa shape index (κ1) is 15.6. The van der Waals surface area contributed by atoms with Gasteiger partial charge in [-0.2, -0.15) is 0 Å². The summed E-state index contributed by atoms with van der Waals surface area (Å²) < 4.78 is 6.96. The molecule has 0 radical (unpaired) electrons. The molecule has 0 unspecified atom stereocenters. The lowest BCUT2D eigenvalue weighted by Crippen LogP contribution is -2.25. The number of hydrogen-bond acceptors (Lipinski definition) is 5. The predicted molar refractivity (Wildman–Crippen MR) is 71.8 cm³/mol. The normalized spacial score (nSPS) is 10.6. The van der Waals surface area contributed by atoms with Gasteiger partial charge in [0.1, 0.15) is 0 Å². The quantitative estimate of drug-likeness (QED) is 0.591. The molecule has 0 aliphatic carbocycles. The number of hydrogen-bond donors (Lipinski definition) is 2.